The molecule has 0 unspecified atom stereocenters. The third-order valence-electron chi connectivity index (χ3n) is 2.10. The highest BCUT2D eigenvalue weighted by atomic mass is 35.5. The Bertz CT molecular complexity index is 518. The van der Waals surface area contributed by atoms with Gasteiger partial charge in [0.2, 0.25) is 0 Å². The normalized spacial score (nSPS) is 10.8. The van der Waals surface area contributed by atoms with E-state index in [1.807, 2.05) is 0 Å². The molecule has 1 heterocycles. The minimum Gasteiger partial charge on any atom is -0.360 e. The summed E-state index contributed by atoms with van der Waals surface area (Å²) >= 11 is 5.60. The molecule has 4 heteroatoms. The molecule has 2 rings (SSSR count). The van der Waals surface area contributed by atoms with Crippen LogP contribution in [0.4, 0.5) is 4.39 Å². The highest BCUT2D eigenvalue weighted by Gasteiger charge is 2.10. The summed E-state index contributed by atoms with van der Waals surface area (Å²) in [7, 11) is 0. The van der Waals surface area contributed by atoms with Crippen molar-refractivity contribution >= 4 is 28.3 Å². The van der Waals surface area contributed by atoms with Gasteiger partial charge < -0.3 is 4.98 Å². The van der Waals surface area contributed by atoms with E-state index in [1.165, 1.54) is 19.1 Å². The third kappa shape index (κ3) is 1.30. The van der Waals surface area contributed by atoms with Crippen LogP contribution in [0.2, 0.25) is 5.02 Å². The molecule has 0 spiro atoms. The summed E-state index contributed by atoms with van der Waals surface area (Å²) in [6.45, 7) is 1.44. The van der Waals surface area contributed by atoms with Gasteiger partial charge in [-0.3, -0.25) is 4.79 Å². The number of fused-ring (bicyclic) bond motifs is 1. The van der Waals surface area contributed by atoms with Gasteiger partial charge in [-0.1, -0.05) is 11.6 Å². The molecule has 0 aliphatic heterocycles. The molecule has 1 N–H and O–H groups in total. The van der Waals surface area contributed by atoms with Gasteiger partial charge in [0.15, 0.2) is 5.78 Å². The lowest BCUT2D eigenvalue weighted by Gasteiger charge is -1.96. The molecule has 0 saturated carbocycles. The highest BCUT2D eigenvalue weighted by molar-refractivity contribution is 6.31. The molecule has 0 aliphatic carbocycles. The molecule has 0 fully saturated rings. The summed E-state index contributed by atoms with van der Waals surface area (Å²) in [5.74, 6) is -0.612. The van der Waals surface area contributed by atoms with Crippen LogP contribution in [0.5, 0.6) is 0 Å². The second-order valence-electron chi connectivity index (χ2n) is 3.07. The number of nitrogens with one attached hydrogen (secondary N) is 1. The van der Waals surface area contributed by atoms with Crippen molar-refractivity contribution < 1.29 is 9.18 Å². The van der Waals surface area contributed by atoms with Crippen LogP contribution in [-0.4, -0.2) is 10.8 Å². The number of Topliss-reactive ketones (excluding diaryl/α,β-unsaturated/α-hetero) is 1. The summed E-state index contributed by atoms with van der Waals surface area (Å²) in [5, 5.41) is 0.619. The quantitative estimate of drug-likeness (QED) is 0.722. The summed E-state index contributed by atoms with van der Waals surface area (Å²) < 4.78 is 13.1. The summed E-state index contributed by atoms with van der Waals surface area (Å²) in [4.78, 5) is 14.0. The molecule has 0 saturated heterocycles. The Kier molecular flexibility index (Phi) is 2.04. The van der Waals surface area contributed by atoms with Crippen molar-refractivity contribution in [3.8, 4) is 0 Å². The van der Waals surface area contributed by atoms with Crippen LogP contribution in [-0.2, 0) is 0 Å². The lowest BCUT2D eigenvalue weighted by atomic mass is 10.1. The van der Waals surface area contributed by atoms with Crippen molar-refractivity contribution in [2.75, 3.05) is 0 Å². The van der Waals surface area contributed by atoms with Crippen molar-refractivity contribution in [2.24, 2.45) is 0 Å². The van der Waals surface area contributed by atoms with E-state index in [9.17, 15) is 9.18 Å². The van der Waals surface area contributed by atoms with E-state index in [1.54, 1.807) is 6.20 Å². The lowest BCUT2D eigenvalue weighted by molar-refractivity contribution is 0.101. The fourth-order valence-electron chi connectivity index (χ4n) is 1.41. The van der Waals surface area contributed by atoms with Crippen molar-refractivity contribution in [1.82, 2.24) is 4.98 Å². The number of rotatable bonds is 1. The number of hydrogen-bond acceptors (Lipinski definition) is 1. The van der Waals surface area contributed by atoms with Crippen molar-refractivity contribution in [3.63, 3.8) is 0 Å². The van der Waals surface area contributed by atoms with Crippen LogP contribution >= 0.6 is 11.6 Å². The molecule has 0 amide bonds. The molecular formula is C10H7ClFNO. The summed E-state index contributed by atoms with van der Waals surface area (Å²) in [5.41, 5.74) is 1.15. The molecule has 0 radical (unpaired) electrons. The maximum atomic E-state index is 13.1. The Morgan fingerprint density at radius 2 is 2.21 bits per heavy atom. The number of aromatic amines is 1. The first-order valence-electron chi connectivity index (χ1n) is 4.06. The standard InChI is InChI=1S/C10H7ClFNO/c1-5(14)7-4-13-10-3-8(11)9(12)2-6(7)10/h2-4,13H,1H3. The first kappa shape index (κ1) is 9.21. The van der Waals surface area contributed by atoms with Gasteiger partial charge >= 0.3 is 0 Å². The molecule has 0 atom stereocenters. The average molecular weight is 212 g/mol. The Hall–Kier alpha value is -1.35. The zero-order valence-electron chi connectivity index (χ0n) is 7.40. The van der Waals surface area contributed by atoms with E-state index in [4.69, 9.17) is 11.6 Å². The number of hydrogen-bond donors (Lipinski definition) is 1. The number of H-pyrrole nitrogens is 1. The molecule has 2 nitrogen and oxygen atoms in total. The fourth-order valence-corrected chi connectivity index (χ4v) is 1.57. The number of carbonyl (C=O) groups excluding carboxylic acids is 1. The molecule has 0 aliphatic rings. The zero-order valence-corrected chi connectivity index (χ0v) is 8.15. The maximum absolute atomic E-state index is 13.1. The number of carbonyl (C=O) groups is 1. The number of aromatic nitrogens is 1. The van der Waals surface area contributed by atoms with Crippen LogP contribution < -0.4 is 0 Å². The summed E-state index contributed by atoms with van der Waals surface area (Å²) in [6.07, 6.45) is 1.56. The Morgan fingerprint density at radius 3 is 2.86 bits per heavy atom. The molecule has 1 aromatic carbocycles. The number of halogens is 2. The van der Waals surface area contributed by atoms with Gasteiger partial charge in [0.05, 0.1) is 5.02 Å². The number of ketones is 1. The van der Waals surface area contributed by atoms with Crippen molar-refractivity contribution in [2.45, 2.75) is 6.92 Å². The molecular weight excluding hydrogens is 205 g/mol. The van der Waals surface area contributed by atoms with Crippen molar-refractivity contribution in [3.05, 3.63) is 34.7 Å². The van der Waals surface area contributed by atoms with E-state index in [-0.39, 0.29) is 10.8 Å². The van der Waals surface area contributed by atoms with Crippen LogP contribution in [0.3, 0.4) is 0 Å². The van der Waals surface area contributed by atoms with Gasteiger partial charge in [-0.25, -0.2) is 4.39 Å². The minimum absolute atomic E-state index is 0.0504. The SMILES string of the molecule is CC(=O)c1c[nH]c2cc(Cl)c(F)cc12. The smallest absolute Gasteiger partial charge is 0.161 e. The van der Waals surface area contributed by atoms with E-state index in [2.05, 4.69) is 4.98 Å². The van der Waals surface area contributed by atoms with Crippen LogP contribution in [0.25, 0.3) is 10.9 Å². The molecule has 72 valence electrons. The predicted octanol–water partition coefficient (Wildman–Crippen LogP) is 3.16. The Morgan fingerprint density at radius 1 is 1.50 bits per heavy atom. The monoisotopic (exact) mass is 211 g/mol. The molecule has 1 aromatic heterocycles. The first-order chi connectivity index (χ1) is 6.59. The molecule has 2 aromatic rings. The molecule has 14 heavy (non-hydrogen) atoms. The second-order valence-corrected chi connectivity index (χ2v) is 3.48. The van der Waals surface area contributed by atoms with Crippen LogP contribution in [0.1, 0.15) is 17.3 Å². The Labute approximate surface area is 84.7 Å². The highest BCUT2D eigenvalue weighted by Crippen LogP contribution is 2.25. The Balaban J connectivity index is 2.80. The topological polar surface area (TPSA) is 32.9 Å². The van der Waals surface area contributed by atoms with Gasteiger partial charge in [0, 0.05) is 22.7 Å². The van der Waals surface area contributed by atoms with E-state index >= 15 is 0 Å². The maximum Gasteiger partial charge on any atom is 0.161 e. The molecule has 0 bridgehead atoms. The van der Waals surface area contributed by atoms with Crippen LogP contribution in [0.15, 0.2) is 18.3 Å². The van der Waals surface area contributed by atoms with Gasteiger partial charge in [0.1, 0.15) is 5.82 Å². The predicted molar refractivity (Wildman–Crippen MR) is 53.3 cm³/mol. The summed E-state index contributed by atoms with van der Waals surface area (Å²) in [6, 6.07) is 2.74. The van der Waals surface area contributed by atoms with Crippen molar-refractivity contribution in [1.29, 1.82) is 0 Å². The van der Waals surface area contributed by atoms with Gasteiger partial charge in [-0.2, -0.15) is 0 Å². The average Bonchev–Trinajstić information content (AvgIpc) is 2.48. The second kappa shape index (κ2) is 3.10. The first-order valence-corrected chi connectivity index (χ1v) is 4.44. The van der Waals surface area contributed by atoms with E-state index < -0.39 is 5.82 Å². The lowest BCUT2D eigenvalue weighted by Crippen LogP contribution is -1.89. The fraction of sp³-hybridized carbons (Fsp3) is 0.100. The largest absolute Gasteiger partial charge is 0.360 e. The van der Waals surface area contributed by atoms with E-state index in [0.717, 1.165) is 0 Å². The minimum atomic E-state index is -0.513. The van der Waals surface area contributed by atoms with Gasteiger partial charge in [0.25, 0.3) is 0 Å². The van der Waals surface area contributed by atoms with Crippen LogP contribution in [0, 0.1) is 5.82 Å². The van der Waals surface area contributed by atoms with Gasteiger partial charge in [-0.15, -0.1) is 0 Å². The third-order valence-corrected chi connectivity index (χ3v) is 2.39. The van der Waals surface area contributed by atoms with Gasteiger partial charge in [-0.05, 0) is 19.1 Å². The van der Waals surface area contributed by atoms with E-state index in [0.29, 0.717) is 16.5 Å². The zero-order chi connectivity index (χ0) is 10.3. The number of benzene rings is 1.